The van der Waals surface area contributed by atoms with E-state index in [-0.39, 0.29) is 17.9 Å². The molecule has 0 aliphatic rings. The molecule has 1 aromatic carbocycles. The summed E-state index contributed by atoms with van der Waals surface area (Å²) in [6.45, 7) is 7.82. The molecule has 0 radical (unpaired) electrons. The van der Waals surface area contributed by atoms with Crippen LogP contribution in [0.25, 0.3) is 0 Å². The third-order valence-corrected chi connectivity index (χ3v) is 3.36. The van der Waals surface area contributed by atoms with Crippen molar-refractivity contribution >= 4 is 17.5 Å². The number of ketones is 1. The van der Waals surface area contributed by atoms with Gasteiger partial charge in [-0.1, -0.05) is 32.4 Å². The summed E-state index contributed by atoms with van der Waals surface area (Å²) in [7, 11) is 0. The average molecular weight is 276 g/mol. The normalized spacial score (nSPS) is 13.4. The summed E-state index contributed by atoms with van der Waals surface area (Å²) in [6, 6.07) is 6.83. The maximum atomic E-state index is 11.9. The first-order valence-electron chi connectivity index (χ1n) is 7.10. The quantitative estimate of drug-likeness (QED) is 0.776. The molecular weight excluding hydrogens is 252 g/mol. The molecule has 0 bridgehead atoms. The summed E-state index contributed by atoms with van der Waals surface area (Å²) in [5, 5.41) is 5.66. The third-order valence-electron chi connectivity index (χ3n) is 3.36. The molecule has 0 aliphatic carbocycles. The summed E-state index contributed by atoms with van der Waals surface area (Å²) in [5.41, 5.74) is 1.22. The summed E-state index contributed by atoms with van der Waals surface area (Å²) in [5.74, 6) is 0.575. The zero-order valence-corrected chi connectivity index (χ0v) is 12.7. The van der Waals surface area contributed by atoms with Gasteiger partial charge in [0.25, 0.3) is 0 Å². The maximum absolute atomic E-state index is 11.9. The van der Waals surface area contributed by atoms with Crippen molar-refractivity contribution in [3.05, 3.63) is 29.8 Å². The van der Waals surface area contributed by atoms with Crippen molar-refractivity contribution in [3.8, 4) is 0 Å². The maximum Gasteiger partial charge on any atom is 0.319 e. The van der Waals surface area contributed by atoms with Gasteiger partial charge in [0, 0.05) is 17.3 Å². The van der Waals surface area contributed by atoms with Crippen LogP contribution in [0.1, 0.15) is 50.9 Å². The largest absolute Gasteiger partial charge is 0.335 e. The van der Waals surface area contributed by atoms with Gasteiger partial charge in [0.05, 0.1) is 0 Å². The SMILES string of the molecule is CCC(C)CC(C)NC(=O)Nc1cccc(C(C)=O)c1. The molecule has 2 atom stereocenters. The van der Waals surface area contributed by atoms with E-state index >= 15 is 0 Å². The Morgan fingerprint density at radius 1 is 1.25 bits per heavy atom. The van der Waals surface area contributed by atoms with Crippen LogP contribution in [0.4, 0.5) is 10.5 Å². The molecule has 1 rings (SSSR count). The highest BCUT2D eigenvalue weighted by atomic mass is 16.2. The van der Waals surface area contributed by atoms with Gasteiger partial charge in [0.1, 0.15) is 0 Å². The number of rotatable bonds is 6. The van der Waals surface area contributed by atoms with Gasteiger partial charge in [0.2, 0.25) is 0 Å². The molecule has 2 amide bonds. The molecule has 2 unspecified atom stereocenters. The second-order valence-corrected chi connectivity index (χ2v) is 5.39. The summed E-state index contributed by atoms with van der Waals surface area (Å²) in [4.78, 5) is 23.2. The molecule has 4 heteroatoms. The van der Waals surface area contributed by atoms with Gasteiger partial charge in [-0.2, -0.15) is 0 Å². The van der Waals surface area contributed by atoms with Crippen molar-refractivity contribution in [3.63, 3.8) is 0 Å². The van der Waals surface area contributed by atoms with Crippen LogP contribution in [-0.2, 0) is 0 Å². The number of urea groups is 1. The van der Waals surface area contributed by atoms with Crippen LogP contribution in [0.15, 0.2) is 24.3 Å². The fourth-order valence-corrected chi connectivity index (χ4v) is 2.04. The summed E-state index contributed by atoms with van der Waals surface area (Å²) >= 11 is 0. The zero-order chi connectivity index (χ0) is 15.1. The number of carbonyl (C=O) groups is 2. The highest BCUT2D eigenvalue weighted by Gasteiger charge is 2.11. The number of amides is 2. The molecule has 1 aromatic rings. The molecule has 4 nitrogen and oxygen atoms in total. The van der Waals surface area contributed by atoms with Crippen molar-refractivity contribution < 1.29 is 9.59 Å². The first kappa shape index (κ1) is 16.2. The van der Waals surface area contributed by atoms with Crippen LogP contribution in [0.5, 0.6) is 0 Å². The van der Waals surface area contributed by atoms with Gasteiger partial charge in [-0.25, -0.2) is 4.79 Å². The molecule has 0 aliphatic heterocycles. The minimum atomic E-state index is -0.235. The van der Waals surface area contributed by atoms with E-state index in [9.17, 15) is 9.59 Å². The lowest BCUT2D eigenvalue weighted by atomic mass is 10.0. The lowest BCUT2D eigenvalue weighted by Gasteiger charge is -2.18. The molecule has 0 fully saturated rings. The van der Waals surface area contributed by atoms with Crippen LogP contribution in [-0.4, -0.2) is 17.9 Å². The van der Waals surface area contributed by atoms with Gasteiger partial charge < -0.3 is 10.6 Å². The lowest BCUT2D eigenvalue weighted by molar-refractivity contribution is 0.101. The predicted molar refractivity (Wildman–Crippen MR) is 82.1 cm³/mol. The zero-order valence-electron chi connectivity index (χ0n) is 12.7. The first-order valence-corrected chi connectivity index (χ1v) is 7.10. The van der Waals surface area contributed by atoms with Crippen molar-refractivity contribution in [1.82, 2.24) is 5.32 Å². The standard InChI is InChI=1S/C16H24N2O2/c1-5-11(2)9-12(3)17-16(20)18-15-8-6-7-14(10-15)13(4)19/h6-8,10-12H,5,9H2,1-4H3,(H2,17,18,20). The molecule has 0 saturated heterocycles. The average Bonchev–Trinajstić information content (AvgIpc) is 2.38. The highest BCUT2D eigenvalue weighted by molar-refractivity contribution is 5.96. The lowest BCUT2D eigenvalue weighted by Crippen LogP contribution is -2.37. The van der Waals surface area contributed by atoms with Crippen molar-refractivity contribution in [2.45, 2.75) is 46.6 Å². The van der Waals surface area contributed by atoms with Crippen molar-refractivity contribution in [1.29, 1.82) is 0 Å². The van der Waals surface area contributed by atoms with E-state index in [4.69, 9.17) is 0 Å². The Morgan fingerprint density at radius 3 is 2.55 bits per heavy atom. The summed E-state index contributed by atoms with van der Waals surface area (Å²) < 4.78 is 0. The van der Waals surface area contributed by atoms with E-state index in [1.165, 1.54) is 6.92 Å². The minimum Gasteiger partial charge on any atom is -0.335 e. The van der Waals surface area contributed by atoms with E-state index in [0.717, 1.165) is 12.8 Å². The van der Waals surface area contributed by atoms with Gasteiger partial charge in [-0.05, 0) is 38.3 Å². The van der Waals surface area contributed by atoms with E-state index in [1.54, 1.807) is 24.3 Å². The van der Waals surface area contributed by atoms with Crippen LogP contribution in [0.3, 0.4) is 0 Å². The number of carbonyl (C=O) groups excluding carboxylic acids is 2. The minimum absolute atomic E-state index is 0.0146. The number of hydrogen-bond donors (Lipinski definition) is 2. The Hall–Kier alpha value is -1.84. The van der Waals surface area contributed by atoms with Crippen LogP contribution in [0, 0.1) is 5.92 Å². The molecule has 0 aromatic heterocycles. The molecule has 0 heterocycles. The van der Waals surface area contributed by atoms with Gasteiger partial charge in [-0.3, -0.25) is 4.79 Å². The van der Waals surface area contributed by atoms with Gasteiger partial charge in [-0.15, -0.1) is 0 Å². The third kappa shape index (κ3) is 5.43. The molecule has 110 valence electrons. The van der Waals surface area contributed by atoms with E-state index in [1.807, 2.05) is 6.92 Å². The monoisotopic (exact) mass is 276 g/mol. The van der Waals surface area contributed by atoms with Gasteiger partial charge in [0.15, 0.2) is 5.78 Å². The highest BCUT2D eigenvalue weighted by Crippen LogP contribution is 2.12. The Bertz CT molecular complexity index is 471. The fraction of sp³-hybridized carbons (Fsp3) is 0.500. The van der Waals surface area contributed by atoms with Crippen molar-refractivity contribution in [2.24, 2.45) is 5.92 Å². The number of nitrogens with one attached hydrogen (secondary N) is 2. The van der Waals surface area contributed by atoms with Crippen molar-refractivity contribution in [2.75, 3.05) is 5.32 Å². The number of anilines is 1. The Labute approximate surface area is 121 Å². The summed E-state index contributed by atoms with van der Waals surface area (Å²) in [6.07, 6.45) is 2.06. The number of hydrogen-bond acceptors (Lipinski definition) is 2. The molecule has 0 saturated carbocycles. The number of benzene rings is 1. The second kappa shape index (κ2) is 7.68. The fourth-order valence-electron chi connectivity index (χ4n) is 2.04. The molecular formula is C16H24N2O2. The van der Waals surface area contributed by atoms with E-state index in [2.05, 4.69) is 24.5 Å². The van der Waals surface area contributed by atoms with Crippen LogP contribution < -0.4 is 10.6 Å². The van der Waals surface area contributed by atoms with Crippen LogP contribution >= 0.6 is 0 Å². The Morgan fingerprint density at radius 2 is 1.95 bits per heavy atom. The molecule has 20 heavy (non-hydrogen) atoms. The van der Waals surface area contributed by atoms with E-state index in [0.29, 0.717) is 17.2 Å². The van der Waals surface area contributed by atoms with Crippen LogP contribution in [0.2, 0.25) is 0 Å². The second-order valence-electron chi connectivity index (χ2n) is 5.39. The van der Waals surface area contributed by atoms with Gasteiger partial charge >= 0.3 is 6.03 Å². The Balaban J connectivity index is 2.54. The molecule has 2 N–H and O–H groups in total. The first-order chi connectivity index (χ1) is 9.42. The Kier molecular flexibility index (Phi) is 6.22. The predicted octanol–water partition coefficient (Wildman–Crippen LogP) is 3.84. The number of Topliss-reactive ketones (excluding diaryl/α,β-unsaturated/α-hetero) is 1. The smallest absolute Gasteiger partial charge is 0.319 e. The molecule has 0 spiro atoms. The van der Waals surface area contributed by atoms with E-state index < -0.39 is 0 Å². The topological polar surface area (TPSA) is 58.2 Å².